The number of hydrogen-bond donors (Lipinski definition) is 2. The molecule has 0 spiro atoms. The van der Waals surface area contributed by atoms with Crippen molar-refractivity contribution in [3.63, 3.8) is 0 Å². The smallest absolute Gasteiger partial charge is 0.260 e. The molecule has 1 aromatic carbocycles. The summed E-state index contributed by atoms with van der Waals surface area (Å²) < 4.78 is 35.2. The molecule has 0 atom stereocenters. The average Bonchev–Trinajstić information content (AvgIpc) is 2.40. The Morgan fingerprint density at radius 1 is 1.24 bits per heavy atom. The van der Waals surface area contributed by atoms with E-state index in [-0.39, 0.29) is 11.3 Å². The fraction of sp³-hybridized carbons (Fsp3) is 0.0769. The van der Waals surface area contributed by atoms with Crippen LogP contribution in [0.1, 0.15) is 15.9 Å². The Balaban J connectivity index is 2.10. The Morgan fingerprint density at radius 3 is 2.48 bits per heavy atom. The van der Waals surface area contributed by atoms with Gasteiger partial charge in [-0.05, 0) is 29.8 Å². The first-order chi connectivity index (χ1) is 9.85. The normalized spacial score (nSPS) is 11.1. The molecule has 2 rings (SSSR count). The molecular weight excluding hydrogens is 297 g/mol. The second-order valence-electron chi connectivity index (χ2n) is 4.30. The van der Waals surface area contributed by atoms with Gasteiger partial charge in [0.05, 0.1) is 11.3 Å². The van der Waals surface area contributed by atoms with E-state index in [1.165, 1.54) is 42.6 Å². The van der Waals surface area contributed by atoms with Crippen LogP contribution < -0.4 is 10.5 Å². The van der Waals surface area contributed by atoms with Crippen LogP contribution in [0.25, 0.3) is 0 Å². The van der Waals surface area contributed by atoms with E-state index in [0.29, 0.717) is 11.3 Å². The zero-order valence-electron chi connectivity index (χ0n) is 10.8. The standard InChI is InChI=1S/C13H12FN3O3S/c14-12-11(2-1-7-16-12)13(18)17-10-5-3-9(4-6-10)8-21(15,19)20/h1-7H,8H2,(H,17,18)(H2,15,19,20). The molecule has 21 heavy (non-hydrogen) atoms. The second kappa shape index (κ2) is 5.98. The fourth-order valence-corrected chi connectivity index (χ4v) is 2.33. The quantitative estimate of drug-likeness (QED) is 0.830. The minimum Gasteiger partial charge on any atom is -0.322 e. The molecule has 1 amide bonds. The minimum absolute atomic E-state index is 0.175. The summed E-state index contributed by atoms with van der Waals surface area (Å²) in [5.41, 5.74) is 0.718. The molecule has 1 aromatic heterocycles. The lowest BCUT2D eigenvalue weighted by atomic mass is 10.2. The predicted molar refractivity (Wildman–Crippen MR) is 75.4 cm³/mol. The molecule has 0 unspecified atom stereocenters. The van der Waals surface area contributed by atoms with Gasteiger partial charge in [0, 0.05) is 11.9 Å². The number of halogens is 1. The van der Waals surface area contributed by atoms with Crippen LogP contribution >= 0.6 is 0 Å². The van der Waals surface area contributed by atoms with Gasteiger partial charge in [0.25, 0.3) is 5.91 Å². The number of nitrogens with two attached hydrogens (primary N) is 1. The van der Waals surface area contributed by atoms with Gasteiger partial charge in [0.15, 0.2) is 0 Å². The number of pyridine rings is 1. The van der Waals surface area contributed by atoms with Crippen LogP contribution in [-0.2, 0) is 15.8 Å². The summed E-state index contributed by atoms with van der Waals surface area (Å²) in [6.45, 7) is 0. The van der Waals surface area contributed by atoms with Crippen molar-refractivity contribution >= 4 is 21.6 Å². The molecular formula is C13H12FN3O3S. The molecule has 3 N–H and O–H groups in total. The Hall–Kier alpha value is -2.32. The van der Waals surface area contributed by atoms with Crippen LogP contribution in [0, 0.1) is 5.95 Å². The lowest BCUT2D eigenvalue weighted by Gasteiger charge is -2.06. The Labute approximate surface area is 120 Å². The summed E-state index contributed by atoms with van der Waals surface area (Å²) in [5.74, 6) is -1.79. The molecule has 0 bridgehead atoms. The summed E-state index contributed by atoms with van der Waals surface area (Å²) in [6.07, 6.45) is 1.24. The second-order valence-corrected chi connectivity index (χ2v) is 5.91. The lowest BCUT2D eigenvalue weighted by Crippen LogP contribution is -2.15. The summed E-state index contributed by atoms with van der Waals surface area (Å²) >= 11 is 0. The number of nitrogens with zero attached hydrogens (tertiary/aromatic N) is 1. The highest BCUT2D eigenvalue weighted by molar-refractivity contribution is 7.88. The monoisotopic (exact) mass is 309 g/mol. The van der Waals surface area contributed by atoms with E-state index in [2.05, 4.69) is 10.3 Å². The summed E-state index contributed by atoms with van der Waals surface area (Å²) in [7, 11) is -3.61. The third kappa shape index (κ3) is 4.33. The van der Waals surface area contributed by atoms with Crippen LogP contribution in [0.2, 0.25) is 0 Å². The number of aromatic nitrogens is 1. The van der Waals surface area contributed by atoms with Crippen molar-refractivity contribution < 1.29 is 17.6 Å². The SMILES string of the molecule is NS(=O)(=O)Cc1ccc(NC(=O)c2cccnc2F)cc1. The molecule has 2 aromatic rings. The van der Waals surface area contributed by atoms with Crippen molar-refractivity contribution in [3.05, 3.63) is 59.7 Å². The first-order valence-corrected chi connectivity index (χ1v) is 7.58. The van der Waals surface area contributed by atoms with Gasteiger partial charge >= 0.3 is 0 Å². The van der Waals surface area contributed by atoms with Gasteiger partial charge in [-0.1, -0.05) is 12.1 Å². The molecule has 0 aliphatic carbocycles. The first-order valence-electron chi connectivity index (χ1n) is 5.86. The van der Waals surface area contributed by atoms with Crippen LogP contribution in [0.5, 0.6) is 0 Å². The maximum atomic E-state index is 13.3. The highest BCUT2D eigenvalue weighted by Crippen LogP contribution is 2.13. The van der Waals surface area contributed by atoms with Crippen molar-refractivity contribution in [3.8, 4) is 0 Å². The predicted octanol–water partition coefficient (Wildman–Crippen LogP) is 1.26. The van der Waals surface area contributed by atoms with E-state index < -0.39 is 21.9 Å². The van der Waals surface area contributed by atoms with Crippen LogP contribution in [0.15, 0.2) is 42.6 Å². The molecule has 0 saturated carbocycles. The highest BCUT2D eigenvalue weighted by Gasteiger charge is 2.12. The number of sulfonamides is 1. The number of rotatable bonds is 4. The van der Waals surface area contributed by atoms with Crippen molar-refractivity contribution in [1.29, 1.82) is 0 Å². The molecule has 0 aliphatic rings. The average molecular weight is 309 g/mol. The number of amides is 1. The molecule has 8 heteroatoms. The number of nitrogens with one attached hydrogen (secondary N) is 1. The lowest BCUT2D eigenvalue weighted by molar-refractivity contribution is 0.102. The molecule has 110 valence electrons. The summed E-state index contributed by atoms with van der Waals surface area (Å²) in [5, 5.41) is 7.42. The van der Waals surface area contributed by atoms with Gasteiger partial charge in [0.1, 0.15) is 0 Å². The Kier molecular flexibility index (Phi) is 4.29. The number of benzene rings is 1. The van der Waals surface area contributed by atoms with Crippen molar-refractivity contribution in [2.45, 2.75) is 5.75 Å². The van der Waals surface area contributed by atoms with E-state index in [9.17, 15) is 17.6 Å². The third-order valence-corrected chi connectivity index (χ3v) is 3.32. The molecule has 0 saturated heterocycles. The zero-order chi connectivity index (χ0) is 15.5. The molecule has 0 aliphatic heterocycles. The van der Waals surface area contributed by atoms with Crippen molar-refractivity contribution in [2.75, 3.05) is 5.32 Å². The van der Waals surface area contributed by atoms with Gasteiger partial charge in [-0.3, -0.25) is 4.79 Å². The van der Waals surface area contributed by atoms with Gasteiger partial charge < -0.3 is 5.32 Å². The number of carbonyl (C=O) groups excluding carboxylic acids is 1. The molecule has 0 radical (unpaired) electrons. The largest absolute Gasteiger partial charge is 0.322 e. The van der Waals surface area contributed by atoms with Crippen LogP contribution in [0.3, 0.4) is 0 Å². The number of carbonyl (C=O) groups is 1. The van der Waals surface area contributed by atoms with Crippen molar-refractivity contribution in [2.24, 2.45) is 5.14 Å². The van der Waals surface area contributed by atoms with E-state index in [4.69, 9.17) is 5.14 Å². The minimum atomic E-state index is -3.61. The van der Waals surface area contributed by atoms with Crippen LogP contribution in [-0.4, -0.2) is 19.3 Å². The van der Waals surface area contributed by atoms with Gasteiger partial charge in [-0.25, -0.2) is 18.5 Å². The Morgan fingerprint density at radius 2 is 1.90 bits per heavy atom. The topological polar surface area (TPSA) is 102 Å². The number of hydrogen-bond acceptors (Lipinski definition) is 4. The maximum Gasteiger partial charge on any atom is 0.260 e. The zero-order valence-corrected chi connectivity index (χ0v) is 11.6. The molecule has 6 nitrogen and oxygen atoms in total. The molecule has 0 fully saturated rings. The van der Waals surface area contributed by atoms with Gasteiger partial charge in [0.2, 0.25) is 16.0 Å². The van der Waals surface area contributed by atoms with E-state index >= 15 is 0 Å². The highest BCUT2D eigenvalue weighted by atomic mass is 32.2. The number of primary sulfonamides is 1. The van der Waals surface area contributed by atoms with Gasteiger partial charge in [-0.2, -0.15) is 4.39 Å². The Bertz CT molecular complexity index is 760. The van der Waals surface area contributed by atoms with E-state index in [1.54, 1.807) is 0 Å². The first kappa shape index (κ1) is 15.1. The summed E-state index contributed by atoms with van der Waals surface area (Å²) in [4.78, 5) is 15.2. The number of anilines is 1. The van der Waals surface area contributed by atoms with E-state index in [0.717, 1.165) is 0 Å². The van der Waals surface area contributed by atoms with Gasteiger partial charge in [-0.15, -0.1) is 0 Å². The maximum absolute atomic E-state index is 13.3. The van der Waals surface area contributed by atoms with Crippen LogP contribution in [0.4, 0.5) is 10.1 Å². The third-order valence-electron chi connectivity index (χ3n) is 2.58. The summed E-state index contributed by atoms with van der Waals surface area (Å²) in [6, 6.07) is 8.80. The van der Waals surface area contributed by atoms with Crippen molar-refractivity contribution in [1.82, 2.24) is 4.98 Å². The fourth-order valence-electron chi connectivity index (χ4n) is 1.67. The molecule has 1 heterocycles. The van der Waals surface area contributed by atoms with E-state index in [1.807, 2.05) is 0 Å².